The Labute approximate surface area is 180 Å². The monoisotopic (exact) mass is 489 g/mol. The van der Waals surface area contributed by atoms with E-state index in [-0.39, 0.29) is 24.0 Å². The van der Waals surface area contributed by atoms with Crippen LogP contribution in [0.25, 0.3) is 0 Å². The maximum Gasteiger partial charge on any atom is 0.191 e. The fourth-order valence-corrected chi connectivity index (χ4v) is 3.92. The summed E-state index contributed by atoms with van der Waals surface area (Å²) in [6.07, 6.45) is 11.0. The third-order valence-electron chi connectivity index (χ3n) is 5.45. The van der Waals surface area contributed by atoms with Crippen LogP contribution in [0.15, 0.2) is 4.99 Å². The molecule has 1 fully saturated rings. The Morgan fingerprint density at radius 3 is 2.52 bits per heavy atom. The largest absolute Gasteiger partial charge is 0.356 e. The first-order valence-electron chi connectivity index (χ1n) is 10.4. The molecule has 0 atom stereocenters. The Kier molecular flexibility index (Phi) is 10.4. The van der Waals surface area contributed by atoms with Crippen LogP contribution in [0, 0.1) is 0 Å². The van der Waals surface area contributed by atoms with Gasteiger partial charge in [0.15, 0.2) is 5.96 Å². The van der Waals surface area contributed by atoms with Crippen molar-refractivity contribution >= 4 is 29.9 Å². The zero-order valence-electron chi connectivity index (χ0n) is 16.8. The molecule has 0 unspecified atom stereocenters. The van der Waals surface area contributed by atoms with Gasteiger partial charge >= 0.3 is 0 Å². The number of aromatic nitrogens is 3. The van der Waals surface area contributed by atoms with E-state index in [1.165, 1.54) is 57.4 Å². The Morgan fingerprint density at radius 1 is 0.963 bits per heavy atom. The molecular formula is C19H36IN7. The second-order valence-corrected chi connectivity index (χ2v) is 7.43. The maximum absolute atomic E-state index is 4.41. The van der Waals surface area contributed by atoms with Crippen molar-refractivity contribution < 1.29 is 0 Å². The number of hydrogen-bond donors (Lipinski definition) is 2. The first-order chi connectivity index (χ1) is 12.9. The number of likely N-dealkylation sites (tertiary alicyclic amines) is 1. The highest BCUT2D eigenvalue weighted by Crippen LogP contribution is 2.15. The van der Waals surface area contributed by atoms with Gasteiger partial charge < -0.3 is 20.1 Å². The number of rotatable bonds is 7. The third-order valence-corrected chi connectivity index (χ3v) is 5.45. The van der Waals surface area contributed by atoms with Crippen molar-refractivity contribution in [2.45, 2.75) is 64.3 Å². The third kappa shape index (κ3) is 7.21. The second-order valence-electron chi connectivity index (χ2n) is 7.43. The number of halogens is 1. The second kappa shape index (κ2) is 12.5. The molecule has 0 aliphatic carbocycles. The molecule has 2 aliphatic rings. The predicted molar refractivity (Wildman–Crippen MR) is 121 cm³/mol. The molecule has 154 valence electrons. The molecule has 0 aromatic carbocycles. The number of guanidine groups is 1. The van der Waals surface area contributed by atoms with E-state index in [0.29, 0.717) is 0 Å². The molecule has 0 bridgehead atoms. The van der Waals surface area contributed by atoms with Gasteiger partial charge in [0.2, 0.25) is 0 Å². The highest BCUT2D eigenvalue weighted by atomic mass is 127. The minimum Gasteiger partial charge on any atom is -0.356 e. The van der Waals surface area contributed by atoms with Gasteiger partial charge in [-0.2, -0.15) is 0 Å². The van der Waals surface area contributed by atoms with E-state index in [1.54, 1.807) is 0 Å². The number of nitrogens with one attached hydrogen (secondary N) is 2. The summed E-state index contributed by atoms with van der Waals surface area (Å²) >= 11 is 0. The van der Waals surface area contributed by atoms with E-state index in [4.69, 9.17) is 0 Å². The summed E-state index contributed by atoms with van der Waals surface area (Å²) < 4.78 is 2.35. The Balaban J connectivity index is 0.00000261. The van der Waals surface area contributed by atoms with Crippen LogP contribution >= 0.6 is 24.0 Å². The van der Waals surface area contributed by atoms with Gasteiger partial charge in [0, 0.05) is 46.1 Å². The summed E-state index contributed by atoms with van der Waals surface area (Å²) in [6, 6.07) is 0. The predicted octanol–water partition coefficient (Wildman–Crippen LogP) is 2.21. The highest BCUT2D eigenvalue weighted by molar-refractivity contribution is 14.0. The lowest BCUT2D eigenvalue weighted by Gasteiger charge is -2.26. The number of piperidine rings is 1. The van der Waals surface area contributed by atoms with Gasteiger partial charge in [0.25, 0.3) is 0 Å². The van der Waals surface area contributed by atoms with Crippen LogP contribution in [0.3, 0.4) is 0 Å². The first kappa shape index (κ1) is 22.4. The SMILES string of the molecule is CN=C(NCCCc1nnc2n1CCCCC2)NCCN1CCCCC1.I. The van der Waals surface area contributed by atoms with Crippen molar-refractivity contribution in [3.63, 3.8) is 0 Å². The Bertz CT molecular complexity index is 566. The van der Waals surface area contributed by atoms with Gasteiger partial charge in [-0.3, -0.25) is 4.99 Å². The van der Waals surface area contributed by atoms with Gasteiger partial charge in [-0.05, 0) is 45.2 Å². The van der Waals surface area contributed by atoms with E-state index in [2.05, 4.69) is 35.3 Å². The topological polar surface area (TPSA) is 70.4 Å². The van der Waals surface area contributed by atoms with Gasteiger partial charge in [-0.1, -0.05) is 12.8 Å². The average Bonchev–Trinajstić information content (AvgIpc) is 2.90. The van der Waals surface area contributed by atoms with Crippen LogP contribution in [0.5, 0.6) is 0 Å². The molecule has 7 nitrogen and oxygen atoms in total. The summed E-state index contributed by atoms with van der Waals surface area (Å²) in [5.41, 5.74) is 0. The average molecular weight is 489 g/mol. The molecule has 2 aliphatic heterocycles. The molecule has 0 saturated carbocycles. The van der Waals surface area contributed by atoms with Crippen LogP contribution in [0.4, 0.5) is 0 Å². The van der Waals surface area contributed by atoms with Crippen LogP contribution in [0.2, 0.25) is 0 Å². The van der Waals surface area contributed by atoms with Gasteiger partial charge in [0.05, 0.1) is 0 Å². The Morgan fingerprint density at radius 2 is 1.70 bits per heavy atom. The molecular weight excluding hydrogens is 453 g/mol. The number of fused-ring (bicyclic) bond motifs is 1. The van der Waals surface area contributed by atoms with Crippen LogP contribution < -0.4 is 10.6 Å². The summed E-state index contributed by atoms with van der Waals surface area (Å²) in [5, 5.41) is 15.7. The van der Waals surface area contributed by atoms with Gasteiger partial charge in [-0.15, -0.1) is 34.2 Å². The van der Waals surface area contributed by atoms with Crippen molar-refractivity contribution in [1.82, 2.24) is 30.3 Å². The van der Waals surface area contributed by atoms with Crippen LogP contribution in [-0.2, 0) is 19.4 Å². The summed E-state index contributed by atoms with van der Waals surface area (Å²) in [6.45, 7) is 6.55. The van der Waals surface area contributed by atoms with Gasteiger partial charge in [-0.25, -0.2) is 0 Å². The lowest BCUT2D eigenvalue weighted by atomic mass is 10.1. The minimum absolute atomic E-state index is 0. The molecule has 3 rings (SSSR count). The molecule has 2 N–H and O–H groups in total. The lowest BCUT2D eigenvalue weighted by molar-refractivity contribution is 0.232. The molecule has 1 aromatic heterocycles. The quantitative estimate of drug-likeness (QED) is 0.266. The standard InChI is InChI=1S/C19H35N7.HI/c1-20-19(22-12-16-25-13-5-3-6-14-25)21-11-8-10-18-24-23-17-9-4-2-7-15-26(17)18;/h2-16H2,1H3,(H2,20,21,22);1H. The van der Waals surface area contributed by atoms with E-state index < -0.39 is 0 Å². The zero-order chi connectivity index (χ0) is 18.0. The lowest BCUT2D eigenvalue weighted by Crippen LogP contribution is -2.43. The van der Waals surface area contributed by atoms with Crippen molar-refractivity contribution in [2.75, 3.05) is 39.8 Å². The van der Waals surface area contributed by atoms with E-state index in [0.717, 1.165) is 57.2 Å². The molecule has 1 aromatic rings. The normalized spacial score (nSPS) is 18.3. The molecule has 8 heteroatoms. The smallest absolute Gasteiger partial charge is 0.191 e. The molecule has 0 spiro atoms. The van der Waals surface area contributed by atoms with Crippen LogP contribution in [-0.4, -0.2) is 65.4 Å². The number of nitrogens with zero attached hydrogens (tertiary/aromatic N) is 5. The summed E-state index contributed by atoms with van der Waals surface area (Å²) in [5.74, 6) is 3.24. The number of aliphatic imine (C=N–C) groups is 1. The molecule has 3 heterocycles. The van der Waals surface area contributed by atoms with Crippen molar-refractivity contribution in [2.24, 2.45) is 4.99 Å². The summed E-state index contributed by atoms with van der Waals surface area (Å²) in [7, 11) is 1.84. The zero-order valence-corrected chi connectivity index (χ0v) is 19.1. The first-order valence-corrected chi connectivity index (χ1v) is 10.4. The highest BCUT2D eigenvalue weighted by Gasteiger charge is 2.14. The Hall–Kier alpha value is -0.900. The summed E-state index contributed by atoms with van der Waals surface area (Å²) in [4.78, 5) is 6.87. The fraction of sp³-hybridized carbons (Fsp3) is 0.842. The van der Waals surface area contributed by atoms with Crippen molar-refractivity contribution in [3.05, 3.63) is 11.6 Å². The number of hydrogen-bond acceptors (Lipinski definition) is 4. The van der Waals surface area contributed by atoms with Crippen molar-refractivity contribution in [3.8, 4) is 0 Å². The van der Waals surface area contributed by atoms with E-state index >= 15 is 0 Å². The molecule has 1 saturated heterocycles. The van der Waals surface area contributed by atoms with Crippen LogP contribution in [0.1, 0.15) is 56.6 Å². The molecule has 27 heavy (non-hydrogen) atoms. The van der Waals surface area contributed by atoms with Gasteiger partial charge in [0.1, 0.15) is 11.6 Å². The maximum atomic E-state index is 4.41. The number of aryl methyl sites for hydroxylation is 2. The minimum atomic E-state index is 0. The van der Waals surface area contributed by atoms with Crippen molar-refractivity contribution in [1.29, 1.82) is 0 Å². The van der Waals surface area contributed by atoms with E-state index in [9.17, 15) is 0 Å². The van der Waals surface area contributed by atoms with E-state index in [1.807, 2.05) is 7.05 Å². The molecule has 0 amide bonds. The molecule has 0 radical (unpaired) electrons. The fourth-order valence-electron chi connectivity index (χ4n) is 3.92.